The second-order valence-corrected chi connectivity index (χ2v) is 8.89. The van der Waals surface area contributed by atoms with Crippen molar-refractivity contribution in [2.45, 2.75) is 23.8 Å². The van der Waals surface area contributed by atoms with Gasteiger partial charge in [0.05, 0.1) is 17.2 Å². The van der Waals surface area contributed by atoms with Crippen LogP contribution in [0, 0.1) is 0 Å². The molecule has 1 atom stereocenters. The molecule has 0 spiro atoms. The monoisotopic (exact) mass is 318 g/mol. The number of para-hydroxylation sites is 1. The highest BCUT2D eigenvalue weighted by atomic mass is 32.2. The minimum absolute atomic E-state index is 0.0426. The van der Waals surface area contributed by atoms with Crippen LogP contribution in [0.15, 0.2) is 29.2 Å². The van der Waals surface area contributed by atoms with E-state index in [1.807, 2.05) is 0 Å². The van der Waals surface area contributed by atoms with Gasteiger partial charge in [0, 0.05) is 6.04 Å². The molecule has 20 heavy (non-hydrogen) atoms. The van der Waals surface area contributed by atoms with Gasteiger partial charge in [-0.15, -0.1) is 0 Å². The fraction of sp³-hybridized carbons (Fsp3) is 0.500. The summed E-state index contributed by atoms with van der Waals surface area (Å²) in [7, 11) is -5.26. The Morgan fingerprint density at radius 1 is 1.25 bits per heavy atom. The Balaban J connectivity index is 2.26. The molecule has 112 valence electrons. The van der Waals surface area contributed by atoms with Gasteiger partial charge in [0.15, 0.2) is 9.84 Å². The van der Waals surface area contributed by atoms with Crippen LogP contribution in [-0.2, 0) is 19.9 Å². The number of benzene rings is 1. The smallest absolute Gasteiger partial charge is 0.242 e. The highest BCUT2D eigenvalue weighted by Gasteiger charge is 2.26. The van der Waals surface area contributed by atoms with Gasteiger partial charge in [-0.05, 0) is 32.0 Å². The van der Waals surface area contributed by atoms with E-state index in [4.69, 9.17) is 0 Å². The molecular weight excluding hydrogens is 300 g/mol. The van der Waals surface area contributed by atoms with Gasteiger partial charge in [-0.25, -0.2) is 21.6 Å². The first-order valence-corrected chi connectivity index (χ1v) is 9.64. The van der Waals surface area contributed by atoms with E-state index in [9.17, 15) is 16.8 Å². The molecule has 2 N–H and O–H groups in total. The molecule has 1 aliphatic heterocycles. The Morgan fingerprint density at radius 3 is 2.60 bits per heavy atom. The molecule has 1 saturated heterocycles. The third kappa shape index (κ3) is 3.50. The van der Waals surface area contributed by atoms with Crippen molar-refractivity contribution < 1.29 is 16.8 Å². The van der Waals surface area contributed by atoms with Crippen LogP contribution in [0.2, 0.25) is 0 Å². The Kier molecular flexibility index (Phi) is 4.36. The number of rotatable bonds is 4. The Bertz CT molecular complexity index is 683. The lowest BCUT2D eigenvalue weighted by atomic mass is 10.1. The van der Waals surface area contributed by atoms with Crippen LogP contribution in [0.3, 0.4) is 0 Å². The summed E-state index contributed by atoms with van der Waals surface area (Å²) in [6, 6.07) is 6.24. The maximum Gasteiger partial charge on any atom is 0.242 e. The van der Waals surface area contributed by atoms with Crippen molar-refractivity contribution in [3.05, 3.63) is 24.3 Å². The Labute approximate surface area is 119 Å². The molecule has 0 saturated carbocycles. The maximum absolute atomic E-state index is 11.9. The molecule has 1 aromatic carbocycles. The van der Waals surface area contributed by atoms with Gasteiger partial charge in [0.1, 0.15) is 4.90 Å². The number of hydrogen-bond acceptors (Lipinski definition) is 5. The number of nitrogens with one attached hydrogen (secondary N) is 2. The van der Waals surface area contributed by atoms with Gasteiger partial charge in [-0.3, -0.25) is 0 Å². The highest BCUT2D eigenvalue weighted by Crippen LogP contribution is 2.24. The zero-order valence-corrected chi connectivity index (χ0v) is 12.8. The van der Waals surface area contributed by atoms with E-state index in [0.29, 0.717) is 18.5 Å². The summed E-state index contributed by atoms with van der Waals surface area (Å²) in [6.07, 6.45) is 1.31. The molecular formula is C12H18N2O4S2. The molecule has 0 aromatic heterocycles. The number of sulfone groups is 1. The molecule has 1 aliphatic rings. The quantitative estimate of drug-likeness (QED) is 0.847. The molecule has 1 unspecified atom stereocenters. The largest absolute Gasteiger partial charge is 0.380 e. The van der Waals surface area contributed by atoms with Crippen molar-refractivity contribution in [1.82, 2.24) is 4.72 Å². The maximum atomic E-state index is 11.9. The number of anilines is 1. The van der Waals surface area contributed by atoms with Gasteiger partial charge in [0.25, 0.3) is 0 Å². The van der Waals surface area contributed by atoms with Crippen molar-refractivity contribution in [2.75, 3.05) is 23.9 Å². The summed E-state index contributed by atoms with van der Waals surface area (Å²) in [5.41, 5.74) is 0.434. The predicted octanol–water partition coefficient (Wildman–Crippen LogP) is 0.584. The third-order valence-corrected chi connectivity index (χ3v) is 6.56. The fourth-order valence-electron chi connectivity index (χ4n) is 2.29. The highest BCUT2D eigenvalue weighted by molar-refractivity contribution is 7.91. The van der Waals surface area contributed by atoms with Crippen molar-refractivity contribution in [3.63, 3.8) is 0 Å². The molecule has 2 rings (SSSR count). The second kappa shape index (κ2) is 5.71. The van der Waals surface area contributed by atoms with E-state index < -0.39 is 19.9 Å². The van der Waals surface area contributed by atoms with Crippen molar-refractivity contribution >= 4 is 25.5 Å². The summed E-state index contributed by atoms with van der Waals surface area (Å²) < 4.78 is 49.3. The zero-order chi connectivity index (χ0) is 14.8. The Morgan fingerprint density at radius 2 is 1.95 bits per heavy atom. The molecule has 1 fully saturated rings. The summed E-state index contributed by atoms with van der Waals surface area (Å²) in [5, 5.41) is 3.05. The van der Waals surface area contributed by atoms with Crippen LogP contribution >= 0.6 is 0 Å². The van der Waals surface area contributed by atoms with Crippen LogP contribution in [0.25, 0.3) is 0 Å². The van der Waals surface area contributed by atoms with Crippen LogP contribution in [0.5, 0.6) is 0 Å². The zero-order valence-electron chi connectivity index (χ0n) is 11.2. The normalized spacial score (nSPS) is 22.4. The van der Waals surface area contributed by atoms with Crippen molar-refractivity contribution in [2.24, 2.45) is 0 Å². The summed E-state index contributed by atoms with van der Waals surface area (Å²) in [5.74, 6) is 0.253. The first-order chi connectivity index (χ1) is 9.34. The first kappa shape index (κ1) is 15.3. The predicted molar refractivity (Wildman–Crippen MR) is 78.0 cm³/mol. The van der Waals surface area contributed by atoms with Crippen molar-refractivity contribution in [3.8, 4) is 0 Å². The molecule has 1 heterocycles. The average Bonchev–Trinajstić information content (AvgIpc) is 2.38. The van der Waals surface area contributed by atoms with E-state index in [1.54, 1.807) is 18.2 Å². The van der Waals surface area contributed by atoms with Crippen molar-refractivity contribution in [1.29, 1.82) is 0 Å². The third-order valence-electron chi connectivity index (χ3n) is 3.27. The van der Waals surface area contributed by atoms with Gasteiger partial charge < -0.3 is 5.32 Å². The average molecular weight is 318 g/mol. The van der Waals surface area contributed by atoms with E-state index in [0.717, 1.165) is 0 Å². The van der Waals surface area contributed by atoms with Gasteiger partial charge >= 0.3 is 0 Å². The number of sulfonamides is 1. The molecule has 0 radical (unpaired) electrons. The van der Waals surface area contributed by atoms with Crippen LogP contribution in [-0.4, -0.2) is 41.4 Å². The second-order valence-electron chi connectivity index (χ2n) is 4.80. The van der Waals surface area contributed by atoms with Gasteiger partial charge in [-0.2, -0.15) is 0 Å². The summed E-state index contributed by atoms with van der Waals surface area (Å²) in [6.45, 7) is 0. The topological polar surface area (TPSA) is 92.3 Å². The first-order valence-electron chi connectivity index (χ1n) is 6.33. The SMILES string of the molecule is CNS(=O)(=O)c1ccccc1NC1CCCS(=O)(=O)C1. The van der Waals surface area contributed by atoms with Gasteiger partial charge in [0.2, 0.25) is 10.0 Å². The fourth-order valence-corrected chi connectivity index (χ4v) is 4.82. The summed E-state index contributed by atoms with van der Waals surface area (Å²) >= 11 is 0. The molecule has 6 nitrogen and oxygen atoms in total. The molecule has 0 bridgehead atoms. The van der Waals surface area contributed by atoms with E-state index in [2.05, 4.69) is 10.0 Å². The number of hydrogen-bond donors (Lipinski definition) is 2. The van der Waals surface area contributed by atoms with Gasteiger partial charge in [-0.1, -0.05) is 12.1 Å². The minimum Gasteiger partial charge on any atom is -0.380 e. The molecule has 1 aromatic rings. The van der Waals surface area contributed by atoms with E-state index >= 15 is 0 Å². The molecule has 8 heteroatoms. The van der Waals surface area contributed by atoms with Crippen LogP contribution in [0.4, 0.5) is 5.69 Å². The van der Waals surface area contributed by atoms with Crippen LogP contribution < -0.4 is 10.0 Å². The standard InChI is InChI=1S/C12H18N2O4S2/c1-13-20(17,18)12-7-3-2-6-11(12)14-10-5-4-8-19(15,16)9-10/h2-3,6-7,10,13-14H,4-5,8-9H2,1H3. The molecule has 0 aliphatic carbocycles. The molecule has 0 amide bonds. The lowest BCUT2D eigenvalue weighted by Gasteiger charge is -2.25. The lowest BCUT2D eigenvalue weighted by molar-refractivity contribution is 0.561. The Hall–Kier alpha value is -1.12. The van der Waals surface area contributed by atoms with E-state index in [-0.39, 0.29) is 22.4 Å². The minimum atomic E-state index is -3.57. The summed E-state index contributed by atoms with van der Waals surface area (Å²) in [4.78, 5) is 0.130. The van der Waals surface area contributed by atoms with E-state index in [1.165, 1.54) is 13.1 Å². The lowest BCUT2D eigenvalue weighted by Crippen LogP contribution is -2.35. The van der Waals surface area contributed by atoms with Crippen LogP contribution in [0.1, 0.15) is 12.8 Å².